The summed E-state index contributed by atoms with van der Waals surface area (Å²) in [7, 11) is 0. The summed E-state index contributed by atoms with van der Waals surface area (Å²) >= 11 is 6.18. The Kier molecular flexibility index (Phi) is 4.92. The molecular formula is C19H15ClN2O3. The molecule has 0 unspecified atom stereocenters. The molecule has 0 saturated heterocycles. The van der Waals surface area contributed by atoms with Gasteiger partial charge >= 0.3 is 0 Å². The molecule has 2 aromatic rings. The van der Waals surface area contributed by atoms with Crippen LogP contribution >= 0.6 is 11.6 Å². The summed E-state index contributed by atoms with van der Waals surface area (Å²) in [6.07, 6.45) is 1.44. The van der Waals surface area contributed by atoms with Crippen molar-refractivity contribution in [1.29, 1.82) is 5.26 Å². The van der Waals surface area contributed by atoms with Crippen LogP contribution in [0.3, 0.4) is 0 Å². The maximum atomic E-state index is 12.3. The number of amides is 1. The second-order valence-corrected chi connectivity index (χ2v) is 5.97. The second-order valence-electron chi connectivity index (χ2n) is 5.57. The molecule has 1 amide bonds. The standard InChI is InChI=1S/C19H15ClN2O3/c1-12-2-4-13(5-3-12)10-22-19(23)15(9-21)6-14-7-17-18(8-16(14)20)25-11-24-17/h2-8H,10-11H2,1H3,(H,22,23). The third kappa shape index (κ3) is 3.93. The molecular weight excluding hydrogens is 340 g/mol. The van der Waals surface area contributed by atoms with Crippen molar-refractivity contribution >= 4 is 23.6 Å². The minimum atomic E-state index is -0.461. The molecule has 0 fully saturated rings. The molecule has 6 heteroatoms. The number of rotatable bonds is 4. The van der Waals surface area contributed by atoms with Crippen molar-refractivity contribution in [2.24, 2.45) is 0 Å². The van der Waals surface area contributed by atoms with Gasteiger partial charge < -0.3 is 14.8 Å². The minimum absolute atomic E-state index is 0.0344. The monoisotopic (exact) mass is 354 g/mol. The fraction of sp³-hybridized carbons (Fsp3) is 0.158. The van der Waals surface area contributed by atoms with E-state index in [2.05, 4.69) is 5.32 Å². The Labute approximate surface area is 150 Å². The molecule has 2 aromatic carbocycles. The number of nitrogens with one attached hydrogen (secondary N) is 1. The first kappa shape index (κ1) is 16.9. The summed E-state index contributed by atoms with van der Waals surface area (Å²) in [6, 6.07) is 13.0. The molecule has 0 saturated carbocycles. The lowest BCUT2D eigenvalue weighted by Gasteiger charge is -2.06. The molecule has 0 spiro atoms. The minimum Gasteiger partial charge on any atom is -0.454 e. The molecule has 0 aromatic heterocycles. The molecule has 5 nitrogen and oxygen atoms in total. The first-order chi connectivity index (χ1) is 12.1. The maximum absolute atomic E-state index is 12.3. The number of carbonyl (C=O) groups excluding carboxylic acids is 1. The highest BCUT2D eigenvalue weighted by Crippen LogP contribution is 2.37. The molecule has 126 valence electrons. The van der Waals surface area contributed by atoms with Crippen LogP contribution in [0, 0.1) is 18.3 Å². The predicted molar refractivity (Wildman–Crippen MR) is 94.2 cm³/mol. The molecule has 3 rings (SSSR count). The summed E-state index contributed by atoms with van der Waals surface area (Å²) < 4.78 is 10.5. The van der Waals surface area contributed by atoms with Crippen LogP contribution in [-0.2, 0) is 11.3 Å². The summed E-state index contributed by atoms with van der Waals surface area (Å²) in [5, 5.41) is 12.4. The number of nitrogens with zero attached hydrogens (tertiary/aromatic N) is 1. The Bertz CT molecular complexity index is 883. The average Bonchev–Trinajstić information content (AvgIpc) is 3.05. The van der Waals surface area contributed by atoms with Crippen LogP contribution < -0.4 is 14.8 Å². The Balaban J connectivity index is 1.75. The van der Waals surface area contributed by atoms with Crippen molar-refractivity contribution in [2.75, 3.05) is 6.79 Å². The van der Waals surface area contributed by atoms with Crippen LogP contribution in [0.25, 0.3) is 6.08 Å². The lowest BCUT2D eigenvalue weighted by Crippen LogP contribution is -2.23. The van der Waals surface area contributed by atoms with Crippen molar-refractivity contribution in [2.45, 2.75) is 13.5 Å². The van der Waals surface area contributed by atoms with Crippen LogP contribution in [0.2, 0.25) is 5.02 Å². The first-order valence-corrected chi connectivity index (χ1v) is 7.99. The zero-order chi connectivity index (χ0) is 17.8. The highest BCUT2D eigenvalue weighted by molar-refractivity contribution is 6.32. The molecule has 25 heavy (non-hydrogen) atoms. The molecule has 1 N–H and O–H groups in total. The van der Waals surface area contributed by atoms with E-state index in [1.807, 2.05) is 37.3 Å². The number of hydrogen-bond donors (Lipinski definition) is 1. The van der Waals surface area contributed by atoms with E-state index in [0.717, 1.165) is 11.1 Å². The number of fused-ring (bicyclic) bond motifs is 1. The number of hydrogen-bond acceptors (Lipinski definition) is 4. The van der Waals surface area contributed by atoms with E-state index in [0.29, 0.717) is 28.6 Å². The molecule has 1 heterocycles. The summed E-state index contributed by atoms with van der Waals surface area (Å²) in [5.74, 6) is 0.620. The van der Waals surface area contributed by atoms with E-state index >= 15 is 0 Å². The Morgan fingerprint density at radius 2 is 1.96 bits per heavy atom. The lowest BCUT2D eigenvalue weighted by molar-refractivity contribution is -0.117. The molecule has 1 aliphatic heterocycles. The smallest absolute Gasteiger partial charge is 0.262 e. The molecule has 0 atom stereocenters. The van der Waals surface area contributed by atoms with E-state index in [1.165, 1.54) is 6.08 Å². The van der Waals surface area contributed by atoms with Crippen molar-refractivity contribution in [3.8, 4) is 17.6 Å². The SMILES string of the molecule is Cc1ccc(CNC(=O)C(C#N)=Cc2cc3c(cc2Cl)OCO3)cc1. The van der Waals surface area contributed by atoms with Gasteiger partial charge in [0, 0.05) is 12.6 Å². The molecule has 1 aliphatic rings. The quantitative estimate of drug-likeness (QED) is 0.672. The number of nitriles is 1. The molecule has 0 bridgehead atoms. The van der Waals surface area contributed by atoms with Gasteiger partial charge in [-0.25, -0.2) is 0 Å². The Morgan fingerprint density at radius 3 is 2.64 bits per heavy atom. The number of halogens is 1. The second kappa shape index (κ2) is 7.29. The number of ether oxygens (including phenoxy) is 2. The predicted octanol–water partition coefficient (Wildman–Crippen LogP) is 3.60. The van der Waals surface area contributed by atoms with Crippen LogP contribution in [0.5, 0.6) is 11.5 Å². The largest absolute Gasteiger partial charge is 0.454 e. The molecule has 0 aliphatic carbocycles. The van der Waals surface area contributed by atoms with E-state index < -0.39 is 5.91 Å². The highest BCUT2D eigenvalue weighted by atomic mass is 35.5. The van der Waals surface area contributed by atoms with Gasteiger partial charge in [0.25, 0.3) is 5.91 Å². The third-order valence-electron chi connectivity index (χ3n) is 3.73. The average molecular weight is 355 g/mol. The van der Waals surface area contributed by atoms with Gasteiger partial charge in [-0.3, -0.25) is 4.79 Å². The third-order valence-corrected chi connectivity index (χ3v) is 4.06. The topological polar surface area (TPSA) is 71.4 Å². The van der Waals surface area contributed by atoms with Crippen LogP contribution in [0.15, 0.2) is 42.0 Å². The Hall–Kier alpha value is -2.97. The van der Waals surface area contributed by atoms with Crippen LogP contribution in [-0.4, -0.2) is 12.7 Å². The van der Waals surface area contributed by atoms with E-state index in [9.17, 15) is 10.1 Å². The van der Waals surface area contributed by atoms with Gasteiger partial charge in [-0.05, 0) is 30.2 Å². The van der Waals surface area contributed by atoms with Gasteiger partial charge in [-0.1, -0.05) is 41.4 Å². The van der Waals surface area contributed by atoms with Crippen molar-refractivity contribution in [1.82, 2.24) is 5.32 Å². The van der Waals surface area contributed by atoms with E-state index in [-0.39, 0.29) is 12.4 Å². The van der Waals surface area contributed by atoms with Gasteiger partial charge in [-0.15, -0.1) is 0 Å². The van der Waals surface area contributed by atoms with Gasteiger partial charge in [0.2, 0.25) is 6.79 Å². The molecule has 0 radical (unpaired) electrons. The summed E-state index contributed by atoms with van der Waals surface area (Å²) in [5.41, 5.74) is 2.59. The zero-order valence-corrected chi connectivity index (χ0v) is 14.3. The van der Waals surface area contributed by atoms with E-state index in [4.69, 9.17) is 21.1 Å². The fourth-order valence-corrected chi connectivity index (χ4v) is 2.54. The fourth-order valence-electron chi connectivity index (χ4n) is 2.33. The summed E-state index contributed by atoms with van der Waals surface area (Å²) in [4.78, 5) is 12.3. The highest BCUT2D eigenvalue weighted by Gasteiger charge is 2.17. The van der Waals surface area contributed by atoms with E-state index in [1.54, 1.807) is 12.1 Å². The lowest BCUT2D eigenvalue weighted by atomic mass is 10.1. The normalized spacial score (nSPS) is 12.6. The van der Waals surface area contributed by atoms with Gasteiger partial charge in [0.15, 0.2) is 11.5 Å². The van der Waals surface area contributed by atoms with Gasteiger partial charge in [0.05, 0.1) is 5.02 Å². The Morgan fingerprint density at radius 1 is 1.28 bits per heavy atom. The number of aryl methyl sites for hydroxylation is 1. The van der Waals surface area contributed by atoms with Crippen molar-refractivity contribution < 1.29 is 14.3 Å². The summed E-state index contributed by atoms with van der Waals surface area (Å²) in [6.45, 7) is 2.46. The number of benzene rings is 2. The first-order valence-electron chi connectivity index (χ1n) is 7.61. The van der Waals surface area contributed by atoms with Crippen molar-refractivity contribution in [3.63, 3.8) is 0 Å². The maximum Gasteiger partial charge on any atom is 0.262 e. The van der Waals surface area contributed by atoms with Crippen LogP contribution in [0.1, 0.15) is 16.7 Å². The van der Waals surface area contributed by atoms with Crippen molar-refractivity contribution in [3.05, 3.63) is 63.7 Å². The van der Waals surface area contributed by atoms with Gasteiger partial charge in [0.1, 0.15) is 11.6 Å². The number of carbonyl (C=O) groups is 1. The van der Waals surface area contributed by atoms with Gasteiger partial charge in [-0.2, -0.15) is 5.26 Å². The zero-order valence-electron chi connectivity index (χ0n) is 13.5. The van der Waals surface area contributed by atoms with Crippen LogP contribution in [0.4, 0.5) is 0 Å².